The van der Waals surface area contributed by atoms with Crippen LogP contribution in [0.3, 0.4) is 0 Å². The summed E-state index contributed by atoms with van der Waals surface area (Å²) < 4.78 is 7.63. The fourth-order valence-electron chi connectivity index (χ4n) is 3.16. The summed E-state index contributed by atoms with van der Waals surface area (Å²) in [4.78, 5) is 0. The minimum absolute atomic E-state index is 0.0484. The zero-order chi connectivity index (χ0) is 14.0. The molecule has 0 aromatic carbocycles. The van der Waals surface area contributed by atoms with Crippen LogP contribution in [0, 0.1) is 6.92 Å². The summed E-state index contributed by atoms with van der Waals surface area (Å²) in [6.07, 6.45) is 5.16. The summed E-state index contributed by atoms with van der Waals surface area (Å²) in [5.41, 5.74) is 4.60. The number of methoxy groups -OCH3 is 1. The third-order valence-electron chi connectivity index (χ3n) is 4.35. The summed E-state index contributed by atoms with van der Waals surface area (Å²) in [7, 11) is 3.68. The molecule has 0 bridgehead atoms. The lowest BCUT2D eigenvalue weighted by Gasteiger charge is -2.36. The second kappa shape index (κ2) is 5.79. The van der Waals surface area contributed by atoms with E-state index in [9.17, 15) is 0 Å². The summed E-state index contributed by atoms with van der Waals surface area (Å²) in [5.74, 6) is 5.77. The van der Waals surface area contributed by atoms with E-state index in [0.717, 1.165) is 35.7 Å². The van der Waals surface area contributed by atoms with E-state index in [-0.39, 0.29) is 11.6 Å². The van der Waals surface area contributed by atoms with E-state index >= 15 is 0 Å². The molecule has 1 heterocycles. The number of hydrazine groups is 1. The lowest BCUT2D eigenvalue weighted by molar-refractivity contribution is -0.0359. The molecule has 1 unspecified atom stereocenters. The van der Waals surface area contributed by atoms with E-state index in [0.29, 0.717) is 0 Å². The van der Waals surface area contributed by atoms with Crippen molar-refractivity contribution in [2.75, 3.05) is 7.11 Å². The molecule has 6 heteroatoms. The monoisotopic (exact) mass is 286 g/mol. The van der Waals surface area contributed by atoms with E-state index in [1.165, 1.54) is 12.8 Å². The maximum Gasteiger partial charge on any atom is 0.0848 e. The molecule has 108 valence electrons. The quantitative estimate of drug-likeness (QED) is 0.639. The molecule has 1 aliphatic rings. The molecular weight excluding hydrogens is 264 g/mol. The van der Waals surface area contributed by atoms with Gasteiger partial charge >= 0.3 is 0 Å². The highest BCUT2D eigenvalue weighted by Crippen LogP contribution is 2.37. The first kappa shape index (κ1) is 14.8. The normalized spacial score (nSPS) is 19.8. The number of nitrogens with two attached hydrogens (primary N) is 1. The molecular formula is C13H23ClN4O. The predicted octanol–water partition coefficient (Wildman–Crippen LogP) is 1.72. The van der Waals surface area contributed by atoms with Gasteiger partial charge in [-0.3, -0.25) is 16.0 Å². The molecule has 19 heavy (non-hydrogen) atoms. The first-order chi connectivity index (χ1) is 9.04. The fourth-order valence-corrected chi connectivity index (χ4v) is 3.40. The molecule has 0 aliphatic heterocycles. The van der Waals surface area contributed by atoms with Crippen LogP contribution in [0.5, 0.6) is 0 Å². The minimum atomic E-state index is -0.184. The lowest BCUT2D eigenvalue weighted by Crippen LogP contribution is -2.54. The summed E-state index contributed by atoms with van der Waals surface area (Å²) in [6.45, 7) is 1.92. The van der Waals surface area contributed by atoms with Crippen molar-refractivity contribution in [2.45, 2.75) is 50.7 Å². The highest BCUT2D eigenvalue weighted by Gasteiger charge is 2.41. The van der Waals surface area contributed by atoms with Crippen LogP contribution in [0.4, 0.5) is 0 Å². The zero-order valence-corrected chi connectivity index (χ0v) is 12.6. The van der Waals surface area contributed by atoms with Gasteiger partial charge in [0.25, 0.3) is 0 Å². The average molecular weight is 287 g/mol. The first-order valence-electron chi connectivity index (χ1n) is 6.73. The van der Waals surface area contributed by atoms with Crippen molar-refractivity contribution in [2.24, 2.45) is 12.9 Å². The molecule has 5 nitrogen and oxygen atoms in total. The van der Waals surface area contributed by atoms with Crippen LogP contribution in [-0.4, -0.2) is 28.5 Å². The number of halogens is 1. The molecule has 0 saturated heterocycles. The first-order valence-corrected chi connectivity index (χ1v) is 7.11. The van der Waals surface area contributed by atoms with Crippen LogP contribution in [0.1, 0.15) is 37.1 Å². The Morgan fingerprint density at radius 1 is 1.53 bits per heavy atom. The van der Waals surface area contributed by atoms with Crippen molar-refractivity contribution in [1.29, 1.82) is 0 Å². The molecule has 1 aliphatic carbocycles. The molecule has 1 atom stereocenters. The number of rotatable bonds is 5. The fraction of sp³-hybridized carbons (Fsp3) is 0.769. The van der Waals surface area contributed by atoms with Crippen molar-refractivity contribution in [3.05, 3.63) is 16.4 Å². The van der Waals surface area contributed by atoms with Crippen LogP contribution in [0.2, 0.25) is 5.02 Å². The van der Waals surface area contributed by atoms with Gasteiger partial charge in [0.15, 0.2) is 0 Å². The summed E-state index contributed by atoms with van der Waals surface area (Å²) in [5, 5.41) is 5.08. The number of ether oxygens (including phenoxy) is 1. The highest BCUT2D eigenvalue weighted by molar-refractivity contribution is 6.31. The molecule has 1 saturated carbocycles. The smallest absolute Gasteiger partial charge is 0.0848 e. The van der Waals surface area contributed by atoms with Gasteiger partial charge in [-0.2, -0.15) is 5.10 Å². The number of hydrogen-bond donors (Lipinski definition) is 2. The second-order valence-corrected chi connectivity index (χ2v) is 5.75. The number of nitrogens with zero attached hydrogens (tertiary/aromatic N) is 2. The van der Waals surface area contributed by atoms with Crippen molar-refractivity contribution in [1.82, 2.24) is 15.2 Å². The van der Waals surface area contributed by atoms with Gasteiger partial charge in [0.2, 0.25) is 0 Å². The van der Waals surface area contributed by atoms with Crippen molar-refractivity contribution >= 4 is 11.6 Å². The molecule has 3 N–H and O–H groups in total. The van der Waals surface area contributed by atoms with Gasteiger partial charge in [0.05, 0.1) is 28.1 Å². The van der Waals surface area contributed by atoms with E-state index in [4.69, 9.17) is 22.2 Å². The predicted molar refractivity (Wildman–Crippen MR) is 76.0 cm³/mol. The van der Waals surface area contributed by atoms with E-state index in [2.05, 4.69) is 10.5 Å². The molecule has 1 fully saturated rings. The standard InChI is InChI=1S/C13H23ClN4O/c1-9-12(14)10(18(2)17-9)8-11(16-15)13(19-3)6-4-5-7-13/h11,16H,4-8,15H2,1-3H3. The maximum atomic E-state index is 6.32. The van der Waals surface area contributed by atoms with Crippen LogP contribution < -0.4 is 11.3 Å². The van der Waals surface area contributed by atoms with E-state index in [1.54, 1.807) is 7.11 Å². The van der Waals surface area contributed by atoms with Crippen LogP contribution in [0.15, 0.2) is 0 Å². The Morgan fingerprint density at radius 3 is 2.58 bits per heavy atom. The largest absolute Gasteiger partial charge is 0.377 e. The Balaban J connectivity index is 2.23. The van der Waals surface area contributed by atoms with Crippen LogP contribution in [0.25, 0.3) is 0 Å². The second-order valence-electron chi connectivity index (χ2n) is 5.37. The highest BCUT2D eigenvalue weighted by atomic mass is 35.5. The molecule has 2 rings (SSSR count). The van der Waals surface area contributed by atoms with Crippen molar-refractivity contribution in [3.8, 4) is 0 Å². The van der Waals surface area contributed by atoms with Crippen LogP contribution in [-0.2, 0) is 18.2 Å². The molecule has 0 spiro atoms. The van der Waals surface area contributed by atoms with Gasteiger partial charge in [-0.05, 0) is 19.8 Å². The van der Waals surface area contributed by atoms with Gasteiger partial charge in [0, 0.05) is 20.6 Å². The van der Waals surface area contributed by atoms with Gasteiger partial charge in [-0.25, -0.2) is 0 Å². The molecule has 1 aromatic heterocycles. The topological polar surface area (TPSA) is 65.1 Å². The molecule has 0 amide bonds. The number of aryl methyl sites for hydroxylation is 2. The third kappa shape index (κ3) is 2.65. The van der Waals surface area contributed by atoms with Gasteiger partial charge in [0.1, 0.15) is 0 Å². The SMILES string of the molecule is COC1(C(Cc2c(Cl)c(C)nn2C)NN)CCCC1. The average Bonchev–Trinajstić information content (AvgIpc) is 2.96. The zero-order valence-electron chi connectivity index (χ0n) is 11.9. The minimum Gasteiger partial charge on any atom is -0.377 e. The van der Waals surface area contributed by atoms with Gasteiger partial charge in [-0.1, -0.05) is 24.4 Å². The van der Waals surface area contributed by atoms with Gasteiger partial charge in [-0.15, -0.1) is 0 Å². The van der Waals surface area contributed by atoms with Crippen molar-refractivity contribution < 1.29 is 4.74 Å². The van der Waals surface area contributed by atoms with Gasteiger partial charge < -0.3 is 4.74 Å². The Morgan fingerprint density at radius 2 is 2.16 bits per heavy atom. The Bertz CT molecular complexity index is 440. The van der Waals surface area contributed by atoms with E-state index in [1.807, 2.05) is 18.7 Å². The number of aromatic nitrogens is 2. The van der Waals surface area contributed by atoms with Crippen molar-refractivity contribution in [3.63, 3.8) is 0 Å². The molecule has 0 radical (unpaired) electrons. The Kier molecular flexibility index (Phi) is 4.50. The lowest BCUT2D eigenvalue weighted by atomic mass is 9.89. The number of nitrogens with one attached hydrogen (secondary N) is 1. The van der Waals surface area contributed by atoms with Crippen LogP contribution >= 0.6 is 11.6 Å². The summed E-state index contributed by atoms with van der Waals surface area (Å²) >= 11 is 6.32. The van der Waals surface area contributed by atoms with E-state index < -0.39 is 0 Å². The third-order valence-corrected chi connectivity index (χ3v) is 4.84. The summed E-state index contributed by atoms with van der Waals surface area (Å²) in [6, 6.07) is 0.0484. The number of hydrogen-bond acceptors (Lipinski definition) is 4. The Labute approximate surface area is 119 Å². The Hall–Kier alpha value is -0.620. The maximum absolute atomic E-state index is 6.32. The molecule has 1 aromatic rings.